The van der Waals surface area contributed by atoms with Crippen LogP contribution in [0.1, 0.15) is 23.0 Å². The first-order chi connectivity index (χ1) is 15.0. The topological polar surface area (TPSA) is 103 Å². The van der Waals surface area contributed by atoms with Gasteiger partial charge in [0, 0.05) is 37.0 Å². The zero-order valence-corrected chi connectivity index (χ0v) is 16.9. The average Bonchev–Trinajstić information content (AvgIpc) is 3.21. The van der Waals surface area contributed by atoms with Crippen LogP contribution in [0.2, 0.25) is 0 Å². The molecule has 31 heavy (non-hydrogen) atoms. The van der Waals surface area contributed by atoms with Crippen LogP contribution in [0.5, 0.6) is 0 Å². The third kappa shape index (κ3) is 3.97. The van der Waals surface area contributed by atoms with Crippen molar-refractivity contribution in [3.8, 4) is 17.2 Å². The Labute approximate surface area is 178 Å². The highest BCUT2D eigenvalue weighted by Crippen LogP contribution is 2.27. The van der Waals surface area contributed by atoms with Gasteiger partial charge in [-0.2, -0.15) is 10.4 Å². The quantitative estimate of drug-likeness (QED) is 0.555. The van der Waals surface area contributed by atoms with E-state index in [4.69, 9.17) is 5.26 Å². The lowest BCUT2D eigenvalue weighted by atomic mass is 10.1. The molecule has 4 rings (SSSR count). The molecule has 8 nitrogen and oxygen atoms in total. The summed E-state index contributed by atoms with van der Waals surface area (Å²) < 4.78 is 1.71. The first-order valence-electron chi connectivity index (χ1n) is 9.46. The van der Waals surface area contributed by atoms with E-state index < -0.39 is 0 Å². The first-order valence-corrected chi connectivity index (χ1v) is 9.46. The van der Waals surface area contributed by atoms with Crippen molar-refractivity contribution in [1.82, 2.24) is 14.6 Å². The lowest BCUT2D eigenvalue weighted by Crippen LogP contribution is -2.26. The summed E-state index contributed by atoms with van der Waals surface area (Å²) in [6.07, 6.45) is 4.98. The standard InChI is InChI=1S/C23H18N6O2/c1-15(30)27-18-5-3-16(4-6-18)21-14-26-29-10-9-17(11-22(21)29)23(31)28(2)20-8-7-19(12-24)25-13-20/h3-11,13-14H,1-2H3,(H,27,30). The molecular formula is C23H18N6O2. The second-order valence-electron chi connectivity index (χ2n) is 6.94. The average molecular weight is 410 g/mol. The second-order valence-corrected chi connectivity index (χ2v) is 6.94. The summed E-state index contributed by atoms with van der Waals surface area (Å²) in [7, 11) is 1.66. The summed E-state index contributed by atoms with van der Waals surface area (Å²) in [5, 5.41) is 16.0. The van der Waals surface area contributed by atoms with Crippen LogP contribution in [-0.2, 0) is 4.79 Å². The highest BCUT2D eigenvalue weighted by Gasteiger charge is 2.16. The number of nitrogens with one attached hydrogen (secondary N) is 1. The number of nitriles is 1. The molecule has 0 aliphatic heterocycles. The van der Waals surface area contributed by atoms with Crippen molar-refractivity contribution in [2.75, 3.05) is 17.3 Å². The summed E-state index contributed by atoms with van der Waals surface area (Å²) in [5.74, 6) is -0.337. The van der Waals surface area contributed by atoms with Crippen molar-refractivity contribution in [2.24, 2.45) is 0 Å². The molecule has 0 unspecified atom stereocenters. The SMILES string of the molecule is CC(=O)Nc1ccc(-c2cnn3ccc(C(=O)N(C)c4ccc(C#N)nc4)cc23)cc1. The maximum absolute atomic E-state index is 13.0. The maximum Gasteiger partial charge on any atom is 0.258 e. The summed E-state index contributed by atoms with van der Waals surface area (Å²) in [5.41, 5.74) is 4.65. The number of anilines is 2. The first kappa shape index (κ1) is 19.8. The molecule has 0 saturated carbocycles. The fourth-order valence-corrected chi connectivity index (χ4v) is 3.23. The summed E-state index contributed by atoms with van der Waals surface area (Å²) >= 11 is 0. The number of hydrogen-bond donors (Lipinski definition) is 1. The molecule has 0 atom stereocenters. The van der Waals surface area contributed by atoms with Gasteiger partial charge in [-0.05, 0) is 42.0 Å². The number of aromatic nitrogens is 3. The third-order valence-corrected chi connectivity index (χ3v) is 4.84. The minimum atomic E-state index is -0.206. The second kappa shape index (κ2) is 8.08. The van der Waals surface area contributed by atoms with Crippen LogP contribution in [0.15, 0.2) is 67.1 Å². The molecule has 0 spiro atoms. The van der Waals surface area contributed by atoms with Gasteiger partial charge in [-0.25, -0.2) is 9.50 Å². The third-order valence-electron chi connectivity index (χ3n) is 4.84. The van der Waals surface area contributed by atoms with Crippen molar-refractivity contribution in [3.05, 3.63) is 78.4 Å². The molecule has 1 N–H and O–H groups in total. The van der Waals surface area contributed by atoms with Gasteiger partial charge in [0.05, 0.1) is 23.6 Å². The van der Waals surface area contributed by atoms with Gasteiger partial charge in [0.2, 0.25) is 5.91 Å². The van der Waals surface area contributed by atoms with Crippen LogP contribution in [0.4, 0.5) is 11.4 Å². The van der Waals surface area contributed by atoms with Crippen LogP contribution in [0.3, 0.4) is 0 Å². The van der Waals surface area contributed by atoms with Crippen molar-refractivity contribution in [2.45, 2.75) is 6.92 Å². The summed E-state index contributed by atoms with van der Waals surface area (Å²) in [6, 6.07) is 16.1. The molecular weight excluding hydrogens is 392 g/mol. The number of hydrogen-bond acceptors (Lipinski definition) is 5. The molecule has 2 amide bonds. The summed E-state index contributed by atoms with van der Waals surface area (Å²) in [6.45, 7) is 1.46. The monoisotopic (exact) mass is 410 g/mol. The van der Waals surface area contributed by atoms with Crippen LogP contribution >= 0.6 is 0 Å². The van der Waals surface area contributed by atoms with Crippen molar-refractivity contribution in [1.29, 1.82) is 5.26 Å². The van der Waals surface area contributed by atoms with E-state index in [1.807, 2.05) is 30.3 Å². The molecule has 0 aliphatic carbocycles. The number of rotatable bonds is 4. The van der Waals surface area contributed by atoms with E-state index in [2.05, 4.69) is 15.4 Å². The Morgan fingerprint density at radius 3 is 2.52 bits per heavy atom. The van der Waals surface area contributed by atoms with Gasteiger partial charge in [0.25, 0.3) is 5.91 Å². The van der Waals surface area contributed by atoms with E-state index in [0.29, 0.717) is 22.6 Å². The van der Waals surface area contributed by atoms with Crippen molar-refractivity contribution < 1.29 is 9.59 Å². The Hall–Kier alpha value is -4.51. The minimum absolute atomic E-state index is 0.131. The van der Waals surface area contributed by atoms with Gasteiger partial charge in [-0.1, -0.05) is 12.1 Å². The van der Waals surface area contributed by atoms with Crippen LogP contribution in [-0.4, -0.2) is 33.5 Å². The Bertz CT molecular complexity index is 1320. The predicted octanol–water partition coefficient (Wildman–Crippen LogP) is 3.50. The lowest BCUT2D eigenvalue weighted by molar-refractivity contribution is -0.114. The van der Waals surface area contributed by atoms with E-state index in [-0.39, 0.29) is 11.8 Å². The van der Waals surface area contributed by atoms with Crippen LogP contribution in [0, 0.1) is 11.3 Å². The normalized spacial score (nSPS) is 10.5. The van der Waals surface area contributed by atoms with Crippen LogP contribution < -0.4 is 10.2 Å². The summed E-state index contributed by atoms with van der Waals surface area (Å²) in [4.78, 5) is 29.7. The molecule has 152 valence electrons. The molecule has 0 saturated heterocycles. The van der Waals surface area contributed by atoms with Gasteiger partial charge >= 0.3 is 0 Å². The Morgan fingerprint density at radius 1 is 1.10 bits per heavy atom. The number of nitrogens with zero attached hydrogens (tertiary/aromatic N) is 5. The largest absolute Gasteiger partial charge is 0.326 e. The Balaban J connectivity index is 1.65. The number of fused-ring (bicyclic) bond motifs is 1. The van der Waals surface area contributed by atoms with Gasteiger partial charge in [-0.15, -0.1) is 0 Å². The molecule has 3 heterocycles. The zero-order valence-electron chi connectivity index (χ0n) is 16.9. The van der Waals surface area contributed by atoms with Crippen molar-refractivity contribution in [3.63, 3.8) is 0 Å². The smallest absolute Gasteiger partial charge is 0.258 e. The molecule has 3 aromatic heterocycles. The van der Waals surface area contributed by atoms with E-state index in [1.165, 1.54) is 18.0 Å². The van der Waals surface area contributed by atoms with E-state index in [9.17, 15) is 9.59 Å². The molecule has 0 fully saturated rings. The highest BCUT2D eigenvalue weighted by atomic mass is 16.2. The minimum Gasteiger partial charge on any atom is -0.326 e. The lowest BCUT2D eigenvalue weighted by Gasteiger charge is -2.17. The number of pyridine rings is 2. The van der Waals surface area contributed by atoms with E-state index in [1.54, 1.807) is 48.2 Å². The Kier molecular flexibility index (Phi) is 5.16. The van der Waals surface area contributed by atoms with Gasteiger partial charge in [0.1, 0.15) is 11.8 Å². The number of benzene rings is 1. The van der Waals surface area contributed by atoms with E-state index in [0.717, 1.165) is 16.6 Å². The molecule has 0 bridgehead atoms. The van der Waals surface area contributed by atoms with Crippen molar-refractivity contribution >= 4 is 28.7 Å². The van der Waals surface area contributed by atoms with E-state index >= 15 is 0 Å². The molecule has 8 heteroatoms. The predicted molar refractivity (Wildman–Crippen MR) is 117 cm³/mol. The van der Waals surface area contributed by atoms with Gasteiger partial charge in [-0.3, -0.25) is 9.59 Å². The van der Waals surface area contributed by atoms with Gasteiger partial charge < -0.3 is 10.2 Å². The van der Waals surface area contributed by atoms with Gasteiger partial charge in [0.15, 0.2) is 0 Å². The fraction of sp³-hybridized carbons (Fsp3) is 0.0870. The zero-order chi connectivity index (χ0) is 22.0. The molecule has 1 aromatic carbocycles. The highest BCUT2D eigenvalue weighted by molar-refractivity contribution is 6.06. The molecule has 0 aliphatic rings. The molecule has 0 radical (unpaired) electrons. The number of amides is 2. The molecule has 4 aromatic rings. The number of carbonyl (C=O) groups excluding carboxylic acids is 2. The Morgan fingerprint density at radius 2 is 1.87 bits per heavy atom. The fourth-order valence-electron chi connectivity index (χ4n) is 3.23. The maximum atomic E-state index is 13.0. The number of carbonyl (C=O) groups is 2. The van der Waals surface area contributed by atoms with Crippen LogP contribution in [0.25, 0.3) is 16.6 Å².